The van der Waals surface area contributed by atoms with Crippen LogP contribution in [0, 0.1) is 12.7 Å². The Morgan fingerprint density at radius 1 is 1.23 bits per heavy atom. The average molecular weight is 560 g/mol. The third-order valence-electron chi connectivity index (χ3n) is 5.53. The van der Waals surface area contributed by atoms with E-state index in [4.69, 9.17) is 16.3 Å². The number of ether oxygens (including phenoxy) is 1. The van der Waals surface area contributed by atoms with Gasteiger partial charge in [0.1, 0.15) is 23.8 Å². The number of hydrogen-bond donors (Lipinski definition) is 2. The molecule has 2 N–H and O–H groups in total. The van der Waals surface area contributed by atoms with Gasteiger partial charge in [0.25, 0.3) is 11.8 Å². The number of anilines is 2. The van der Waals surface area contributed by atoms with E-state index < -0.39 is 17.6 Å². The Labute approximate surface area is 214 Å². The van der Waals surface area contributed by atoms with E-state index in [0.717, 1.165) is 0 Å². The van der Waals surface area contributed by atoms with Gasteiger partial charge in [-0.2, -0.15) is 0 Å². The molecule has 0 saturated carbocycles. The molecular weight excluding hydrogens is 539 g/mol. The quantitative estimate of drug-likeness (QED) is 0.299. The number of nitrogens with one attached hydrogen (secondary N) is 2. The van der Waals surface area contributed by atoms with E-state index in [9.17, 15) is 14.0 Å². The fraction of sp³-hybridized carbons (Fsp3) is 0.160. The predicted octanol–water partition coefficient (Wildman–Crippen LogP) is 6.10. The highest BCUT2D eigenvalue weighted by Crippen LogP contribution is 2.30. The Bertz CT molecular complexity index is 1440. The van der Waals surface area contributed by atoms with Crippen molar-refractivity contribution in [3.8, 4) is 0 Å². The predicted molar refractivity (Wildman–Crippen MR) is 138 cm³/mol. The summed E-state index contributed by atoms with van der Waals surface area (Å²) in [4.78, 5) is 35.4. The Morgan fingerprint density at radius 2 is 1.97 bits per heavy atom. The van der Waals surface area contributed by atoms with Crippen LogP contribution in [0.15, 0.2) is 53.0 Å². The summed E-state index contributed by atoms with van der Waals surface area (Å²) < 4.78 is 19.9. The van der Waals surface area contributed by atoms with Crippen LogP contribution in [0.5, 0.6) is 0 Å². The number of hydrogen-bond acceptors (Lipinski definition) is 4. The number of nitrogens with zero attached hydrogens (tertiary/aromatic N) is 2. The Balaban J connectivity index is 1.80. The van der Waals surface area contributed by atoms with E-state index in [1.54, 1.807) is 43.3 Å². The van der Waals surface area contributed by atoms with Crippen LogP contribution in [-0.4, -0.2) is 35.9 Å². The number of halogens is 3. The Hall–Kier alpha value is -3.27. The highest BCUT2D eigenvalue weighted by molar-refractivity contribution is 9.10. The first-order chi connectivity index (χ1) is 16.7. The third-order valence-corrected chi connectivity index (χ3v) is 6.60. The van der Waals surface area contributed by atoms with Gasteiger partial charge in [0.2, 0.25) is 0 Å². The number of rotatable bonds is 6. The summed E-state index contributed by atoms with van der Waals surface area (Å²) in [5, 5.41) is 3.38. The number of fused-ring (bicyclic) bond motifs is 1. The lowest BCUT2D eigenvalue weighted by Gasteiger charge is -2.20. The molecule has 0 aliphatic carbocycles. The molecule has 0 atom stereocenters. The Kier molecular flexibility index (Phi) is 7.20. The lowest BCUT2D eigenvalue weighted by Crippen LogP contribution is -2.28. The number of amides is 2. The van der Waals surface area contributed by atoms with E-state index in [-0.39, 0.29) is 17.7 Å². The summed E-state index contributed by atoms with van der Waals surface area (Å²) in [6.45, 7) is 2.00. The van der Waals surface area contributed by atoms with Gasteiger partial charge in [0.05, 0.1) is 16.6 Å². The highest BCUT2D eigenvalue weighted by atomic mass is 79.9. The largest absolute Gasteiger partial charge is 0.377 e. The highest BCUT2D eigenvalue weighted by Gasteiger charge is 2.24. The molecule has 0 fully saturated rings. The summed E-state index contributed by atoms with van der Waals surface area (Å²) in [7, 11) is 3.05. The van der Waals surface area contributed by atoms with Crippen molar-refractivity contribution in [2.24, 2.45) is 0 Å². The smallest absolute Gasteiger partial charge is 0.262 e. The first kappa shape index (κ1) is 24.8. The fourth-order valence-corrected chi connectivity index (χ4v) is 4.33. The zero-order valence-electron chi connectivity index (χ0n) is 19.1. The first-order valence-electron chi connectivity index (χ1n) is 10.5. The maximum absolute atomic E-state index is 14.5. The summed E-state index contributed by atoms with van der Waals surface area (Å²) >= 11 is 9.44. The van der Waals surface area contributed by atoms with E-state index in [1.165, 1.54) is 31.2 Å². The summed E-state index contributed by atoms with van der Waals surface area (Å²) in [5.74, 6) is -1.16. The number of aromatic nitrogens is 2. The van der Waals surface area contributed by atoms with Gasteiger partial charge in [-0.25, -0.2) is 9.37 Å². The van der Waals surface area contributed by atoms with Gasteiger partial charge in [-0.05, 0) is 64.8 Å². The van der Waals surface area contributed by atoms with Crippen molar-refractivity contribution in [3.05, 3.63) is 86.4 Å². The van der Waals surface area contributed by atoms with Crippen LogP contribution in [0.4, 0.5) is 15.8 Å². The minimum Gasteiger partial charge on any atom is -0.377 e. The van der Waals surface area contributed by atoms with Crippen LogP contribution in [0.3, 0.4) is 0 Å². The maximum atomic E-state index is 14.5. The van der Waals surface area contributed by atoms with Gasteiger partial charge in [0.15, 0.2) is 0 Å². The number of H-pyrrole nitrogens is 1. The van der Waals surface area contributed by atoms with Crippen LogP contribution < -0.4 is 10.2 Å². The van der Waals surface area contributed by atoms with Crippen LogP contribution in [-0.2, 0) is 11.3 Å². The number of aromatic amines is 1. The molecule has 0 unspecified atom stereocenters. The third kappa shape index (κ3) is 4.93. The molecule has 7 nitrogen and oxygen atoms in total. The molecule has 3 aromatic carbocycles. The molecule has 2 amide bonds. The number of carbonyl (C=O) groups is 2. The van der Waals surface area contributed by atoms with E-state index >= 15 is 0 Å². The number of benzene rings is 3. The van der Waals surface area contributed by atoms with Crippen LogP contribution >= 0.6 is 27.5 Å². The SMILES string of the molecule is COCc1nc2c(C(=O)Nc3cccc(Cl)c3C)cc(N(C)C(=O)c3c(F)cccc3Br)cc2[nH]1. The minimum absolute atomic E-state index is 0.111. The second-order valence-corrected chi connectivity index (χ2v) is 9.09. The molecule has 1 aromatic heterocycles. The van der Waals surface area contributed by atoms with Crippen molar-refractivity contribution in [2.45, 2.75) is 13.5 Å². The molecule has 0 spiro atoms. The first-order valence-corrected chi connectivity index (χ1v) is 11.7. The summed E-state index contributed by atoms with van der Waals surface area (Å²) in [6.07, 6.45) is 0. The molecular formula is C25H21BrClFN4O3. The summed E-state index contributed by atoms with van der Waals surface area (Å²) in [6, 6.07) is 12.7. The molecule has 0 aliphatic rings. The molecule has 0 saturated heterocycles. The molecule has 4 aromatic rings. The van der Waals surface area contributed by atoms with Crippen LogP contribution in [0.25, 0.3) is 11.0 Å². The van der Waals surface area contributed by atoms with Gasteiger partial charge >= 0.3 is 0 Å². The van der Waals surface area contributed by atoms with Gasteiger partial charge in [-0.3, -0.25) is 9.59 Å². The van der Waals surface area contributed by atoms with Crippen LogP contribution in [0.1, 0.15) is 32.1 Å². The molecule has 180 valence electrons. The van der Waals surface area contributed by atoms with E-state index in [2.05, 4.69) is 31.2 Å². The molecule has 0 bridgehead atoms. The monoisotopic (exact) mass is 558 g/mol. The van der Waals surface area contributed by atoms with Gasteiger partial charge in [0, 0.05) is 35.0 Å². The Morgan fingerprint density at radius 3 is 2.69 bits per heavy atom. The zero-order valence-corrected chi connectivity index (χ0v) is 21.4. The molecule has 0 aliphatic heterocycles. The van der Waals surface area contributed by atoms with Crippen molar-refractivity contribution in [1.82, 2.24) is 9.97 Å². The standard InChI is InChI=1S/C25H21BrClFN4O3/c1-13-17(27)7-5-9-19(13)30-24(33)15-10-14(11-20-23(15)31-21(29-20)12-35-3)32(2)25(34)22-16(26)6-4-8-18(22)28/h4-11H,12H2,1-3H3,(H,29,31)(H,30,33). The molecule has 1 heterocycles. The van der Waals surface area contributed by atoms with Crippen molar-refractivity contribution in [2.75, 3.05) is 24.4 Å². The van der Waals surface area contributed by atoms with E-state index in [1.807, 2.05) is 0 Å². The second kappa shape index (κ2) is 10.2. The molecule has 4 rings (SSSR count). The molecule has 0 radical (unpaired) electrons. The fourth-order valence-electron chi connectivity index (χ4n) is 3.64. The number of imidazole rings is 1. The van der Waals surface area contributed by atoms with Gasteiger partial charge in [-0.1, -0.05) is 23.7 Å². The van der Waals surface area contributed by atoms with Crippen molar-refractivity contribution >= 4 is 61.8 Å². The lowest BCUT2D eigenvalue weighted by atomic mass is 10.1. The minimum atomic E-state index is -0.657. The lowest BCUT2D eigenvalue weighted by molar-refractivity contribution is 0.0985. The van der Waals surface area contributed by atoms with Crippen molar-refractivity contribution in [3.63, 3.8) is 0 Å². The number of carbonyl (C=O) groups excluding carboxylic acids is 2. The van der Waals surface area contributed by atoms with Crippen molar-refractivity contribution in [1.29, 1.82) is 0 Å². The van der Waals surface area contributed by atoms with E-state index in [0.29, 0.717) is 43.3 Å². The number of methoxy groups -OCH3 is 1. The average Bonchev–Trinajstić information content (AvgIpc) is 3.23. The van der Waals surface area contributed by atoms with Gasteiger partial charge < -0.3 is 19.9 Å². The maximum Gasteiger partial charge on any atom is 0.262 e. The van der Waals surface area contributed by atoms with Gasteiger partial charge in [-0.15, -0.1) is 0 Å². The normalized spacial score (nSPS) is 11.0. The summed E-state index contributed by atoms with van der Waals surface area (Å²) in [5.41, 5.74) is 2.68. The zero-order chi connectivity index (χ0) is 25.3. The topological polar surface area (TPSA) is 87.3 Å². The molecule has 35 heavy (non-hydrogen) atoms. The molecule has 10 heteroatoms. The van der Waals surface area contributed by atoms with Crippen LogP contribution in [0.2, 0.25) is 5.02 Å². The second-order valence-electron chi connectivity index (χ2n) is 7.83. The van der Waals surface area contributed by atoms with Crippen molar-refractivity contribution < 1.29 is 18.7 Å².